The topological polar surface area (TPSA) is 63.5 Å². The Morgan fingerprint density at radius 1 is 1.28 bits per heavy atom. The molecule has 152 valence electrons. The van der Waals surface area contributed by atoms with Crippen molar-refractivity contribution in [3.8, 4) is 6.07 Å². The number of anilines is 1. The van der Waals surface area contributed by atoms with Crippen LogP contribution < -0.4 is 15.5 Å². The predicted octanol–water partition coefficient (Wildman–Crippen LogP) is 3.48. The number of benzene rings is 2. The van der Waals surface area contributed by atoms with Gasteiger partial charge in [-0.25, -0.2) is 8.78 Å². The Bertz CT molecular complexity index is 935. The zero-order valence-corrected chi connectivity index (χ0v) is 16.7. The lowest BCUT2D eigenvalue weighted by Gasteiger charge is -2.36. The molecule has 1 aliphatic rings. The summed E-state index contributed by atoms with van der Waals surface area (Å²) in [6, 6.07) is 11.4. The van der Waals surface area contributed by atoms with E-state index in [1.807, 2.05) is 19.1 Å². The summed E-state index contributed by atoms with van der Waals surface area (Å²) >= 11 is 0. The fourth-order valence-corrected chi connectivity index (χ4v) is 3.61. The fourth-order valence-electron chi connectivity index (χ4n) is 3.61. The van der Waals surface area contributed by atoms with Crippen LogP contribution in [0.3, 0.4) is 0 Å². The Morgan fingerprint density at radius 3 is 2.79 bits per heavy atom. The number of rotatable bonds is 4. The third-order valence-corrected chi connectivity index (χ3v) is 5.11. The maximum Gasteiger partial charge on any atom is 0.191 e. The van der Waals surface area contributed by atoms with Gasteiger partial charge in [-0.05, 0) is 55.7 Å². The second kappa shape index (κ2) is 9.37. The highest BCUT2D eigenvalue weighted by Gasteiger charge is 2.22. The van der Waals surface area contributed by atoms with E-state index in [1.54, 1.807) is 25.2 Å². The van der Waals surface area contributed by atoms with Gasteiger partial charge in [0.05, 0.1) is 11.6 Å². The summed E-state index contributed by atoms with van der Waals surface area (Å²) in [4.78, 5) is 6.49. The average molecular weight is 397 g/mol. The molecule has 0 aliphatic carbocycles. The Morgan fingerprint density at radius 2 is 2.10 bits per heavy atom. The largest absolute Gasteiger partial charge is 0.369 e. The van der Waals surface area contributed by atoms with Gasteiger partial charge in [-0.15, -0.1) is 0 Å². The molecular weight excluding hydrogens is 372 g/mol. The molecule has 1 heterocycles. The minimum absolute atomic E-state index is 0.171. The number of nitrogens with one attached hydrogen (secondary N) is 2. The molecule has 1 fully saturated rings. The van der Waals surface area contributed by atoms with Gasteiger partial charge in [0.15, 0.2) is 5.96 Å². The summed E-state index contributed by atoms with van der Waals surface area (Å²) < 4.78 is 27.5. The molecule has 5 nitrogen and oxygen atoms in total. The van der Waals surface area contributed by atoms with Crippen LogP contribution in [0.25, 0.3) is 0 Å². The minimum atomic E-state index is -0.414. The highest BCUT2D eigenvalue weighted by atomic mass is 19.1. The number of aryl methyl sites for hydroxylation is 1. The monoisotopic (exact) mass is 397 g/mol. The molecule has 29 heavy (non-hydrogen) atoms. The van der Waals surface area contributed by atoms with Crippen LogP contribution in [-0.4, -0.2) is 32.1 Å². The highest BCUT2D eigenvalue weighted by Crippen LogP contribution is 2.24. The van der Waals surface area contributed by atoms with Crippen molar-refractivity contribution in [3.05, 3.63) is 64.7 Å². The molecule has 1 saturated heterocycles. The zero-order valence-electron chi connectivity index (χ0n) is 16.7. The van der Waals surface area contributed by atoms with Gasteiger partial charge in [0.2, 0.25) is 0 Å². The van der Waals surface area contributed by atoms with E-state index < -0.39 is 5.82 Å². The van der Waals surface area contributed by atoms with E-state index in [4.69, 9.17) is 5.26 Å². The first-order valence-electron chi connectivity index (χ1n) is 9.67. The van der Waals surface area contributed by atoms with Gasteiger partial charge >= 0.3 is 0 Å². The maximum absolute atomic E-state index is 14.1. The number of hydrogen-bond donors (Lipinski definition) is 2. The van der Waals surface area contributed by atoms with E-state index in [2.05, 4.69) is 20.5 Å². The summed E-state index contributed by atoms with van der Waals surface area (Å²) in [5.41, 5.74) is 2.73. The van der Waals surface area contributed by atoms with Crippen LogP contribution in [0, 0.1) is 29.9 Å². The second-order valence-corrected chi connectivity index (χ2v) is 7.20. The van der Waals surface area contributed by atoms with Crippen molar-refractivity contribution in [2.45, 2.75) is 32.4 Å². The third kappa shape index (κ3) is 5.23. The molecule has 2 N–H and O–H groups in total. The molecule has 0 radical (unpaired) electrons. The number of piperidine rings is 1. The number of guanidine groups is 1. The van der Waals surface area contributed by atoms with Gasteiger partial charge in [0.1, 0.15) is 11.6 Å². The standard InChI is InChI=1S/C22H25F2N5/c1-15-10-18(23)7-8-21(15)29-9-3-4-19(14-29)28-22(26-2)27-13-17-6-5-16(12-25)11-20(17)24/h5-8,10-11,19H,3-4,9,13-14H2,1-2H3,(H2,26,27,28). The molecule has 1 aliphatic heterocycles. The van der Waals surface area contributed by atoms with Gasteiger partial charge in [-0.2, -0.15) is 5.26 Å². The number of halogens is 2. The molecule has 1 atom stereocenters. The lowest BCUT2D eigenvalue weighted by Crippen LogP contribution is -2.51. The van der Waals surface area contributed by atoms with Crippen LogP contribution >= 0.6 is 0 Å². The number of nitriles is 1. The van der Waals surface area contributed by atoms with Gasteiger partial charge < -0.3 is 15.5 Å². The van der Waals surface area contributed by atoms with Crippen molar-refractivity contribution in [2.24, 2.45) is 4.99 Å². The fraction of sp³-hybridized carbons (Fsp3) is 0.364. The molecule has 3 rings (SSSR count). The van der Waals surface area contributed by atoms with E-state index in [0.29, 0.717) is 17.1 Å². The van der Waals surface area contributed by atoms with Crippen molar-refractivity contribution >= 4 is 11.6 Å². The normalized spacial score (nSPS) is 17.0. The molecule has 0 saturated carbocycles. The molecule has 0 bridgehead atoms. The zero-order chi connectivity index (χ0) is 20.8. The Labute approximate surface area is 170 Å². The first-order chi connectivity index (χ1) is 14.0. The molecule has 1 unspecified atom stereocenters. The molecule has 0 aromatic heterocycles. The van der Waals surface area contributed by atoms with E-state index >= 15 is 0 Å². The van der Waals surface area contributed by atoms with Crippen LogP contribution in [0.15, 0.2) is 41.4 Å². The Hall–Kier alpha value is -3.14. The minimum Gasteiger partial charge on any atom is -0.369 e. The first-order valence-corrected chi connectivity index (χ1v) is 9.67. The molecule has 2 aromatic carbocycles. The van der Waals surface area contributed by atoms with Gasteiger partial charge in [0.25, 0.3) is 0 Å². The SMILES string of the molecule is CN=C(NCc1ccc(C#N)cc1F)NC1CCCN(c2ccc(F)cc2C)C1. The number of nitrogens with zero attached hydrogens (tertiary/aromatic N) is 3. The maximum atomic E-state index is 14.1. The molecule has 0 amide bonds. The third-order valence-electron chi connectivity index (χ3n) is 5.11. The highest BCUT2D eigenvalue weighted by molar-refractivity contribution is 5.80. The van der Waals surface area contributed by atoms with Crippen molar-refractivity contribution in [1.82, 2.24) is 10.6 Å². The summed E-state index contributed by atoms with van der Waals surface area (Å²) in [6.07, 6.45) is 2.00. The summed E-state index contributed by atoms with van der Waals surface area (Å²) in [5.74, 6) is -0.0448. The molecular formula is C22H25F2N5. The van der Waals surface area contributed by atoms with Crippen LogP contribution in [0.1, 0.15) is 29.5 Å². The summed E-state index contributed by atoms with van der Waals surface area (Å²) in [6.45, 7) is 3.89. The van der Waals surface area contributed by atoms with Crippen molar-refractivity contribution in [1.29, 1.82) is 5.26 Å². The predicted molar refractivity (Wildman–Crippen MR) is 111 cm³/mol. The molecule has 0 spiro atoms. The smallest absolute Gasteiger partial charge is 0.191 e. The second-order valence-electron chi connectivity index (χ2n) is 7.20. The van der Waals surface area contributed by atoms with Crippen LogP contribution in [0.2, 0.25) is 0 Å². The van der Waals surface area contributed by atoms with E-state index in [-0.39, 0.29) is 18.4 Å². The molecule has 2 aromatic rings. The average Bonchev–Trinajstić information content (AvgIpc) is 2.72. The van der Waals surface area contributed by atoms with Crippen molar-refractivity contribution in [3.63, 3.8) is 0 Å². The van der Waals surface area contributed by atoms with Crippen molar-refractivity contribution < 1.29 is 8.78 Å². The van der Waals surface area contributed by atoms with Crippen LogP contribution in [0.5, 0.6) is 0 Å². The summed E-state index contributed by atoms with van der Waals surface area (Å²) in [5, 5.41) is 15.4. The Balaban J connectivity index is 1.60. The van der Waals surface area contributed by atoms with E-state index in [0.717, 1.165) is 37.2 Å². The van der Waals surface area contributed by atoms with E-state index in [9.17, 15) is 8.78 Å². The number of aliphatic imine (C=N–C) groups is 1. The van der Waals surface area contributed by atoms with E-state index in [1.165, 1.54) is 12.1 Å². The molecule has 7 heteroatoms. The first kappa shape index (κ1) is 20.6. The lowest BCUT2D eigenvalue weighted by molar-refractivity contribution is 0.467. The van der Waals surface area contributed by atoms with Gasteiger partial charge in [0, 0.05) is 44.0 Å². The Kier molecular flexibility index (Phi) is 6.65. The van der Waals surface area contributed by atoms with Crippen molar-refractivity contribution in [2.75, 3.05) is 25.0 Å². The lowest BCUT2D eigenvalue weighted by atomic mass is 10.0. The van der Waals surface area contributed by atoms with Gasteiger partial charge in [-0.1, -0.05) is 6.07 Å². The quantitative estimate of drug-likeness (QED) is 0.613. The van der Waals surface area contributed by atoms with Crippen LogP contribution in [-0.2, 0) is 6.54 Å². The number of hydrogen-bond acceptors (Lipinski definition) is 3. The van der Waals surface area contributed by atoms with Crippen LogP contribution in [0.4, 0.5) is 14.5 Å². The summed E-state index contributed by atoms with van der Waals surface area (Å²) in [7, 11) is 1.68. The van der Waals surface area contributed by atoms with Gasteiger partial charge in [-0.3, -0.25) is 4.99 Å².